The van der Waals surface area contributed by atoms with Gasteiger partial charge in [-0.3, -0.25) is 4.90 Å². The van der Waals surface area contributed by atoms with E-state index in [0.29, 0.717) is 11.1 Å². The Hall–Kier alpha value is 0.01000. The Morgan fingerprint density at radius 2 is 1.81 bits per heavy atom. The van der Waals surface area contributed by atoms with E-state index in [2.05, 4.69) is 10.2 Å². The Bertz CT molecular complexity index is 455. The molecule has 0 amide bonds. The van der Waals surface area contributed by atoms with Gasteiger partial charge in [-0.25, -0.2) is 0 Å². The summed E-state index contributed by atoms with van der Waals surface area (Å²) in [4.78, 5) is 2.49. The van der Waals surface area contributed by atoms with Crippen molar-refractivity contribution in [1.82, 2.24) is 10.2 Å². The maximum Gasteiger partial charge on any atom is 0.0465 e. The van der Waals surface area contributed by atoms with Gasteiger partial charge < -0.3 is 5.32 Å². The van der Waals surface area contributed by atoms with Crippen LogP contribution in [-0.2, 0) is 6.54 Å². The van der Waals surface area contributed by atoms with Gasteiger partial charge in [0.1, 0.15) is 0 Å². The minimum absolute atomic E-state index is 0. The number of benzene rings is 1. The number of hydrogen-bond donors (Lipinski definition) is 1. The zero-order valence-electron chi connectivity index (χ0n) is 12.2. The van der Waals surface area contributed by atoms with Gasteiger partial charge in [0.15, 0.2) is 0 Å². The highest BCUT2D eigenvalue weighted by molar-refractivity contribution is 6.35. The molecule has 1 aromatic carbocycles. The molecule has 0 spiro atoms. The molecule has 3 rings (SSSR count). The second kappa shape index (κ2) is 8.03. The Labute approximate surface area is 143 Å². The van der Waals surface area contributed by atoms with Crippen LogP contribution in [0.3, 0.4) is 0 Å². The van der Waals surface area contributed by atoms with E-state index >= 15 is 0 Å². The number of halogens is 3. The molecule has 1 aliphatic heterocycles. The van der Waals surface area contributed by atoms with Crippen molar-refractivity contribution in [3.05, 3.63) is 33.8 Å². The van der Waals surface area contributed by atoms with Crippen LogP contribution in [0.4, 0.5) is 0 Å². The molecule has 2 fully saturated rings. The minimum Gasteiger partial charge on any atom is -0.314 e. The van der Waals surface area contributed by atoms with Gasteiger partial charge in [0, 0.05) is 22.6 Å². The molecule has 0 bridgehead atoms. The van der Waals surface area contributed by atoms with E-state index in [1.54, 1.807) is 0 Å². The second-order valence-electron chi connectivity index (χ2n) is 6.14. The number of piperidine rings is 1. The van der Waals surface area contributed by atoms with Gasteiger partial charge >= 0.3 is 0 Å². The third-order valence-corrected chi connectivity index (χ3v) is 4.98. The van der Waals surface area contributed by atoms with Crippen LogP contribution in [-0.4, -0.2) is 30.6 Å². The molecule has 21 heavy (non-hydrogen) atoms. The monoisotopic (exact) mass is 348 g/mol. The first-order valence-corrected chi connectivity index (χ1v) is 8.36. The van der Waals surface area contributed by atoms with Gasteiger partial charge in [0.05, 0.1) is 0 Å². The van der Waals surface area contributed by atoms with Gasteiger partial charge in [0.25, 0.3) is 0 Å². The van der Waals surface area contributed by atoms with Crippen molar-refractivity contribution >= 4 is 35.6 Å². The lowest BCUT2D eigenvalue weighted by Crippen LogP contribution is -2.42. The van der Waals surface area contributed by atoms with E-state index in [-0.39, 0.29) is 12.4 Å². The molecule has 1 N–H and O–H groups in total. The third kappa shape index (κ3) is 5.30. The maximum absolute atomic E-state index is 6.25. The molecule has 0 atom stereocenters. The van der Waals surface area contributed by atoms with Crippen LogP contribution < -0.4 is 5.32 Å². The summed E-state index contributed by atoms with van der Waals surface area (Å²) in [5.41, 5.74) is 1.18. The molecule has 1 saturated heterocycles. The lowest BCUT2D eigenvalue weighted by Gasteiger charge is -2.32. The molecule has 2 aliphatic rings. The Morgan fingerprint density at radius 3 is 2.43 bits per heavy atom. The van der Waals surface area contributed by atoms with E-state index in [1.807, 2.05) is 18.2 Å². The van der Waals surface area contributed by atoms with Crippen molar-refractivity contribution in [1.29, 1.82) is 0 Å². The molecule has 1 aromatic rings. The highest BCUT2D eigenvalue weighted by Gasteiger charge is 2.24. The number of nitrogens with zero attached hydrogens (tertiary/aromatic N) is 1. The molecular formula is C16H23Cl3N2. The van der Waals surface area contributed by atoms with Crippen LogP contribution in [0, 0.1) is 5.92 Å². The summed E-state index contributed by atoms with van der Waals surface area (Å²) in [5, 5.41) is 5.21. The molecule has 5 heteroatoms. The van der Waals surface area contributed by atoms with Crippen LogP contribution in [0.15, 0.2) is 18.2 Å². The molecule has 2 nitrogen and oxygen atoms in total. The first kappa shape index (κ1) is 17.4. The second-order valence-corrected chi connectivity index (χ2v) is 6.98. The van der Waals surface area contributed by atoms with E-state index in [1.165, 1.54) is 37.8 Å². The molecular weight excluding hydrogens is 327 g/mol. The zero-order valence-corrected chi connectivity index (χ0v) is 14.5. The van der Waals surface area contributed by atoms with Crippen LogP contribution in [0.25, 0.3) is 0 Å². The van der Waals surface area contributed by atoms with Gasteiger partial charge in [-0.15, -0.1) is 12.4 Å². The summed E-state index contributed by atoms with van der Waals surface area (Å²) < 4.78 is 0. The van der Waals surface area contributed by atoms with Gasteiger partial charge in [-0.05, 0) is 68.9 Å². The highest BCUT2D eigenvalue weighted by atomic mass is 35.5. The maximum atomic E-state index is 6.25. The summed E-state index contributed by atoms with van der Waals surface area (Å²) in [6.07, 6.45) is 5.36. The topological polar surface area (TPSA) is 15.3 Å². The average Bonchev–Trinajstić information content (AvgIpc) is 3.25. The summed E-state index contributed by atoms with van der Waals surface area (Å²) in [6.45, 7) is 4.47. The zero-order chi connectivity index (χ0) is 13.9. The number of hydrogen-bond acceptors (Lipinski definition) is 2. The highest BCUT2D eigenvalue weighted by Crippen LogP contribution is 2.28. The minimum atomic E-state index is 0. The summed E-state index contributed by atoms with van der Waals surface area (Å²) in [7, 11) is 0. The Morgan fingerprint density at radius 1 is 1.10 bits per heavy atom. The van der Waals surface area contributed by atoms with Crippen LogP contribution in [0.5, 0.6) is 0 Å². The van der Waals surface area contributed by atoms with E-state index in [4.69, 9.17) is 23.2 Å². The average molecular weight is 350 g/mol. The summed E-state index contributed by atoms with van der Waals surface area (Å²) in [6, 6.07) is 6.52. The fourth-order valence-electron chi connectivity index (χ4n) is 2.84. The molecule has 1 aliphatic carbocycles. The van der Waals surface area contributed by atoms with Crippen LogP contribution >= 0.6 is 35.6 Å². The standard InChI is InChI=1S/C16H22Cl2N2.ClH/c17-14-4-3-13(16(18)9-14)11-20-7-5-15(6-8-20)19-10-12-1-2-12;/h3-4,9,12,15,19H,1-2,5-8,10-11H2;1H. The normalized spacial score (nSPS) is 20.3. The van der Waals surface area contributed by atoms with Crippen molar-refractivity contribution in [2.45, 2.75) is 38.3 Å². The Balaban J connectivity index is 0.00000161. The predicted octanol–water partition coefficient (Wildman–Crippen LogP) is 4.38. The summed E-state index contributed by atoms with van der Waals surface area (Å²) in [5.74, 6) is 0.973. The first-order valence-electron chi connectivity index (χ1n) is 7.60. The van der Waals surface area contributed by atoms with Crippen LogP contribution in [0.1, 0.15) is 31.2 Å². The van der Waals surface area contributed by atoms with E-state index < -0.39 is 0 Å². The summed E-state index contributed by atoms with van der Waals surface area (Å²) >= 11 is 12.2. The number of nitrogens with one attached hydrogen (secondary N) is 1. The molecule has 1 saturated carbocycles. The van der Waals surface area contributed by atoms with E-state index in [9.17, 15) is 0 Å². The Kier molecular flexibility index (Phi) is 6.64. The number of rotatable bonds is 5. The van der Waals surface area contributed by atoms with Gasteiger partial charge in [-0.1, -0.05) is 29.3 Å². The fourth-order valence-corrected chi connectivity index (χ4v) is 3.31. The molecule has 118 valence electrons. The molecule has 0 aromatic heterocycles. The molecule has 0 unspecified atom stereocenters. The van der Waals surface area contributed by atoms with E-state index in [0.717, 1.165) is 30.6 Å². The lowest BCUT2D eigenvalue weighted by molar-refractivity contribution is 0.190. The van der Waals surface area contributed by atoms with Crippen LogP contribution in [0.2, 0.25) is 10.0 Å². The van der Waals surface area contributed by atoms with Crippen molar-refractivity contribution in [3.63, 3.8) is 0 Å². The largest absolute Gasteiger partial charge is 0.314 e. The molecule has 1 heterocycles. The quantitative estimate of drug-likeness (QED) is 0.848. The first-order chi connectivity index (χ1) is 9.70. The SMILES string of the molecule is Cl.Clc1ccc(CN2CCC(NCC3CC3)CC2)c(Cl)c1. The molecule has 0 radical (unpaired) electrons. The van der Waals surface area contributed by atoms with Crippen molar-refractivity contribution in [2.75, 3.05) is 19.6 Å². The number of likely N-dealkylation sites (tertiary alicyclic amines) is 1. The predicted molar refractivity (Wildman–Crippen MR) is 92.7 cm³/mol. The van der Waals surface area contributed by atoms with Crippen molar-refractivity contribution < 1.29 is 0 Å². The van der Waals surface area contributed by atoms with Crippen molar-refractivity contribution in [2.24, 2.45) is 5.92 Å². The fraction of sp³-hybridized carbons (Fsp3) is 0.625. The lowest BCUT2D eigenvalue weighted by atomic mass is 10.0. The van der Waals surface area contributed by atoms with Gasteiger partial charge in [0.2, 0.25) is 0 Å². The third-order valence-electron chi connectivity index (χ3n) is 4.39. The smallest absolute Gasteiger partial charge is 0.0465 e. The van der Waals surface area contributed by atoms with Crippen molar-refractivity contribution in [3.8, 4) is 0 Å². The van der Waals surface area contributed by atoms with Gasteiger partial charge in [-0.2, -0.15) is 0 Å².